The van der Waals surface area contributed by atoms with E-state index in [-0.39, 0.29) is 6.04 Å². The molecule has 0 aromatic rings. The van der Waals surface area contributed by atoms with E-state index < -0.39 is 5.67 Å². The average Bonchev–Trinajstić information content (AvgIpc) is 2.10. The first-order chi connectivity index (χ1) is 5.02. The molecular formula is C9H18FN. The monoisotopic (exact) mass is 159 g/mol. The topological polar surface area (TPSA) is 12.0 Å². The highest BCUT2D eigenvalue weighted by Gasteiger charge is 2.38. The molecule has 1 aliphatic rings. The second kappa shape index (κ2) is 3.10. The fourth-order valence-corrected chi connectivity index (χ4v) is 1.68. The SMILES string of the molecule is CC(C)CC1NCCC1(C)F. The summed E-state index contributed by atoms with van der Waals surface area (Å²) in [5, 5.41) is 3.20. The molecule has 0 aliphatic carbocycles. The van der Waals surface area contributed by atoms with Crippen LogP contribution in [0.1, 0.15) is 33.6 Å². The normalized spacial score (nSPS) is 38.5. The van der Waals surface area contributed by atoms with E-state index in [0.717, 1.165) is 13.0 Å². The fourth-order valence-electron chi connectivity index (χ4n) is 1.68. The van der Waals surface area contributed by atoms with Crippen molar-refractivity contribution >= 4 is 0 Å². The molecule has 1 nitrogen and oxygen atoms in total. The first-order valence-corrected chi connectivity index (χ1v) is 4.44. The largest absolute Gasteiger partial charge is 0.311 e. The van der Waals surface area contributed by atoms with Crippen LogP contribution in [0.5, 0.6) is 0 Å². The van der Waals surface area contributed by atoms with Crippen molar-refractivity contribution in [2.75, 3.05) is 6.54 Å². The Hall–Kier alpha value is -0.110. The number of hydrogen-bond acceptors (Lipinski definition) is 1. The van der Waals surface area contributed by atoms with Gasteiger partial charge in [0, 0.05) is 6.04 Å². The first kappa shape index (κ1) is 8.98. The molecule has 1 fully saturated rings. The van der Waals surface area contributed by atoms with Gasteiger partial charge in [-0.2, -0.15) is 0 Å². The van der Waals surface area contributed by atoms with E-state index in [0.29, 0.717) is 12.3 Å². The van der Waals surface area contributed by atoms with E-state index >= 15 is 0 Å². The maximum atomic E-state index is 13.6. The molecule has 2 atom stereocenters. The summed E-state index contributed by atoms with van der Waals surface area (Å²) in [4.78, 5) is 0. The van der Waals surface area contributed by atoms with Crippen molar-refractivity contribution in [2.24, 2.45) is 5.92 Å². The summed E-state index contributed by atoms with van der Waals surface area (Å²) in [7, 11) is 0. The van der Waals surface area contributed by atoms with Crippen molar-refractivity contribution in [3.05, 3.63) is 0 Å². The lowest BCUT2D eigenvalue weighted by Crippen LogP contribution is -2.37. The van der Waals surface area contributed by atoms with Crippen molar-refractivity contribution in [1.82, 2.24) is 5.32 Å². The number of alkyl halides is 1. The van der Waals surface area contributed by atoms with Gasteiger partial charge in [-0.1, -0.05) is 13.8 Å². The molecule has 66 valence electrons. The molecule has 1 N–H and O–H groups in total. The molecule has 1 saturated heterocycles. The van der Waals surface area contributed by atoms with Gasteiger partial charge in [-0.3, -0.25) is 0 Å². The van der Waals surface area contributed by atoms with Crippen molar-refractivity contribution in [3.8, 4) is 0 Å². The highest BCUT2D eigenvalue weighted by molar-refractivity contribution is 4.94. The minimum atomic E-state index is -0.968. The molecular weight excluding hydrogens is 141 g/mol. The molecule has 11 heavy (non-hydrogen) atoms. The van der Waals surface area contributed by atoms with E-state index in [1.165, 1.54) is 0 Å². The molecule has 1 heterocycles. The molecule has 0 saturated carbocycles. The molecule has 0 aromatic carbocycles. The minimum absolute atomic E-state index is 0.0856. The summed E-state index contributed by atoms with van der Waals surface area (Å²) in [6.07, 6.45) is 1.62. The molecule has 1 aliphatic heterocycles. The summed E-state index contributed by atoms with van der Waals surface area (Å²) in [6.45, 7) is 6.82. The van der Waals surface area contributed by atoms with Crippen LogP contribution in [0.4, 0.5) is 4.39 Å². The fraction of sp³-hybridized carbons (Fsp3) is 1.00. The maximum Gasteiger partial charge on any atom is 0.124 e. The van der Waals surface area contributed by atoms with Crippen LogP contribution in [0.15, 0.2) is 0 Å². The lowest BCUT2D eigenvalue weighted by atomic mass is 9.92. The van der Waals surface area contributed by atoms with Crippen LogP contribution in [0.2, 0.25) is 0 Å². The van der Waals surface area contributed by atoms with Crippen LogP contribution in [-0.2, 0) is 0 Å². The van der Waals surface area contributed by atoms with E-state index in [9.17, 15) is 4.39 Å². The van der Waals surface area contributed by atoms with Gasteiger partial charge in [-0.25, -0.2) is 4.39 Å². The van der Waals surface area contributed by atoms with Crippen LogP contribution < -0.4 is 5.32 Å². The zero-order valence-corrected chi connectivity index (χ0v) is 7.65. The Bertz CT molecular complexity index is 132. The third-order valence-corrected chi connectivity index (χ3v) is 2.44. The van der Waals surface area contributed by atoms with Gasteiger partial charge in [0.25, 0.3) is 0 Å². The van der Waals surface area contributed by atoms with Crippen LogP contribution in [-0.4, -0.2) is 18.3 Å². The lowest BCUT2D eigenvalue weighted by molar-refractivity contribution is 0.153. The highest BCUT2D eigenvalue weighted by atomic mass is 19.1. The summed E-state index contributed by atoms with van der Waals surface area (Å²) >= 11 is 0. The van der Waals surface area contributed by atoms with Crippen LogP contribution in [0.3, 0.4) is 0 Å². The van der Waals surface area contributed by atoms with Gasteiger partial charge in [-0.15, -0.1) is 0 Å². The second-order valence-electron chi connectivity index (χ2n) is 4.16. The van der Waals surface area contributed by atoms with Crippen LogP contribution in [0, 0.1) is 5.92 Å². The second-order valence-corrected chi connectivity index (χ2v) is 4.16. The van der Waals surface area contributed by atoms with Crippen molar-refractivity contribution in [3.63, 3.8) is 0 Å². The smallest absolute Gasteiger partial charge is 0.124 e. The minimum Gasteiger partial charge on any atom is -0.311 e. The average molecular weight is 159 g/mol. The molecule has 0 aromatic heterocycles. The summed E-state index contributed by atoms with van der Waals surface area (Å²) in [5.41, 5.74) is -0.968. The Kier molecular flexibility index (Phi) is 2.53. The maximum absolute atomic E-state index is 13.6. The van der Waals surface area contributed by atoms with E-state index in [1.54, 1.807) is 6.92 Å². The van der Waals surface area contributed by atoms with Crippen LogP contribution >= 0.6 is 0 Å². The van der Waals surface area contributed by atoms with E-state index in [4.69, 9.17) is 0 Å². The van der Waals surface area contributed by atoms with Gasteiger partial charge in [0.1, 0.15) is 5.67 Å². The van der Waals surface area contributed by atoms with Gasteiger partial charge in [0.05, 0.1) is 0 Å². The van der Waals surface area contributed by atoms with Crippen LogP contribution in [0.25, 0.3) is 0 Å². The van der Waals surface area contributed by atoms with Crippen molar-refractivity contribution in [2.45, 2.75) is 45.3 Å². The van der Waals surface area contributed by atoms with Gasteiger partial charge < -0.3 is 5.32 Å². The third-order valence-electron chi connectivity index (χ3n) is 2.44. The Labute approximate surface area is 68.4 Å². The summed E-state index contributed by atoms with van der Waals surface area (Å²) in [5.74, 6) is 0.584. The molecule has 2 unspecified atom stereocenters. The Morgan fingerprint density at radius 1 is 1.64 bits per heavy atom. The van der Waals surface area contributed by atoms with Gasteiger partial charge in [-0.05, 0) is 32.2 Å². The number of hydrogen-bond donors (Lipinski definition) is 1. The zero-order chi connectivity index (χ0) is 8.48. The molecule has 0 bridgehead atoms. The number of rotatable bonds is 2. The van der Waals surface area contributed by atoms with Gasteiger partial charge >= 0.3 is 0 Å². The van der Waals surface area contributed by atoms with Gasteiger partial charge in [0.15, 0.2) is 0 Å². The molecule has 1 rings (SSSR count). The predicted octanol–water partition coefficient (Wildman–Crippen LogP) is 2.12. The highest BCUT2D eigenvalue weighted by Crippen LogP contribution is 2.28. The molecule has 0 spiro atoms. The van der Waals surface area contributed by atoms with Gasteiger partial charge in [0.2, 0.25) is 0 Å². The van der Waals surface area contributed by atoms with Crippen molar-refractivity contribution in [1.29, 1.82) is 0 Å². The number of nitrogens with one attached hydrogen (secondary N) is 1. The standard InChI is InChI=1S/C9H18FN/c1-7(2)6-8-9(3,10)4-5-11-8/h7-8,11H,4-6H2,1-3H3. The quantitative estimate of drug-likeness (QED) is 0.650. The zero-order valence-electron chi connectivity index (χ0n) is 7.65. The summed E-state index contributed by atoms with van der Waals surface area (Å²) in [6, 6.07) is 0.0856. The Morgan fingerprint density at radius 2 is 2.27 bits per heavy atom. The van der Waals surface area contributed by atoms with E-state index in [2.05, 4.69) is 19.2 Å². The third kappa shape index (κ3) is 2.16. The van der Waals surface area contributed by atoms with Crippen molar-refractivity contribution < 1.29 is 4.39 Å². The Morgan fingerprint density at radius 3 is 2.64 bits per heavy atom. The molecule has 2 heteroatoms. The molecule has 0 amide bonds. The molecule has 0 radical (unpaired) electrons. The first-order valence-electron chi connectivity index (χ1n) is 4.44. The van der Waals surface area contributed by atoms with E-state index in [1.807, 2.05) is 0 Å². The Balaban J connectivity index is 2.45. The lowest BCUT2D eigenvalue weighted by Gasteiger charge is -2.23. The number of halogens is 1. The summed E-state index contributed by atoms with van der Waals surface area (Å²) < 4.78 is 13.6. The predicted molar refractivity (Wildman–Crippen MR) is 45.4 cm³/mol.